The van der Waals surface area contributed by atoms with Crippen molar-refractivity contribution < 1.29 is 4.74 Å². The topological polar surface area (TPSA) is 64.9 Å². The van der Waals surface area contributed by atoms with E-state index in [4.69, 9.17) is 4.74 Å². The Morgan fingerprint density at radius 1 is 1.40 bits per heavy atom. The zero-order valence-electron chi connectivity index (χ0n) is 12.0. The van der Waals surface area contributed by atoms with Gasteiger partial charge in [-0.15, -0.1) is 10.2 Å². The number of methoxy groups -OCH3 is 1. The van der Waals surface area contributed by atoms with Crippen LogP contribution in [0.15, 0.2) is 18.5 Å². The van der Waals surface area contributed by atoms with Crippen molar-refractivity contribution in [3.05, 3.63) is 24.3 Å². The molecular formula is C14H19N5O. The molecule has 0 spiro atoms. The van der Waals surface area contributed by atoms with Gasteiger partial charge in [-0.05, 0) is 12.0 Å². The molecule has 0 saturated carbocycles. The second kappa shape index (κ2) is 5.20. The van der Waals surface area contributed by atoms with Crippen LogP contribution in [0, 0.1) is 5.92 Å². The number of hydrogen-bond acceptors (Lipinski definition) is 5. The number of nitrogens with zero attached hydrogens (tertiary/aromatic N) is 4. The summed E-state index contributed by atoms with van der Waals surface area (Å²) in [5.41, 5.74) is 0.936. The van der Waals surface area contributed by atoms with Gasteiger partial charge in [-0.25, -0.2) is 0 Å². The molecule has 106 valence electrons. The van der Waals surface area contributed by atoms with E-state index in [9.17, 15) is 0 Å². The molecule has 1 atom stereocenters. The summed E-state index contributed by atoms with van der Waals surface area (Å²) in [5.74, 6) is 3.05. The number of fused-ring (bicyclic) bond motifs is 1. The number of hydrogen-bond donors (Lipinski definition) is 1. The highest BCUT2D eigenvalue weighted by Crippen LogP contribution is 2.31. The standard InChI is InChI=1S/C14H19N5O/c1-9(2)12-14-18-17-13(19(14)7-6-16-12)10-4-5-15-8-11(10)20-3/h4-5,8-9,12,16H,6-7H2,1-3H3. The van der Waals surface area contributed by atoms with E-state index in [0.29, 0.717) is 5.92 Å². The van der Waals surface area contributed by atoms with Crippen LogP contribution in [0.5, 0.6) is 5.75 Å². The van der Waals surface area contributed by atoms with Gasteiger partial charge in [-0.3, -0.25) is 4.98 Å². The molecule has 3 rings (SSSR count). The highest BCUT2D eigenvalue weighted by Gasteiger charge is 2.28. The van der Waals surface area contributed by atoms with Gasteiger partial charge in [0.25, 0.3) is 0 Å². The molecule has 1 aliphatic rings. The fourth-order valence-electron chi connectivity index (χ4n) is 2.65. The molecule has 6 heteroatoms. The Balaban J connectivity index is 2.09. The van der Waals surface area contributed by atoms with Gasteiger partial charge in [0.1, 0.15) is 5.75 Å². The number of aromatic nitrogens is 4. The summed E-state index contributed by atoms with van der Waals surface area (Å²) in [6.07, 6.45) is 3.46. The van der Waals surface area contributed by atoms with Gasteiger partial charge >= 0.3 is 0 Å². The molecule has 1 aliphatic heterocycles. The Labute approximate surface area is 118 Å². The Kier molecular flexibility index (Phi) is 3.40. The monoisotopic (exact) mass is 273 g/mol. The van der Waals surface area contributed by atoms with Crippen LogP contribution >= 0.6 is 0 Å². The molecule has 0 aliphatic carbocycles. The molecule has 0 fully saturated rings. The average Bonchev–Trinajstić information content (AvgIpc) is 2.90. The number of nitrogens with one attached hydrogen (secondary N) is 1. The molecule has 20 heavy (non-hydrogen) atoms. The van der Waals surface area contributed by atoms with Crippen LogP contribution in [0.4, 0.5) is 0 Å². The molecule has 0 bridgehead atoms. The van der Waals surface area contributed by atoms with Gasteiger partial charge in [-0.2, -0.15) is 0 Å². The lowest BCUT2D eigenvalue weighted by molar-refractivity contribution is 0.339. The van der Waals surface area contributed by atoms with Gasteiger partial charge in [0.15, 0.2) is 11.6 Å². The predicted octanol–water partition coefficient (Wildman–Crippen LogP) is 1.65. The lowest BCUT2D eigenvalue weighted by Gasteiger charge is -2.27. The third kappa shape index (κ3) is 2.06. The molecule has 0 aromatic carbocycles. The van der Waals surface area contributed by atoms with Crippen LogP contribution in [0.2, 0.25) is 0 Å². The Hall–Kier alpha value is -1.95. The average molecular weight is 273 g/mol. The van der Waals surface area contributed by atoms with Gasteiger partial charge in [0.05, 0.1) is 24.9 Å². The van der Waals surface area contributed by atoms with Gasteiger partial charge < -0.3 is 14.6 Å². The molecule has 2 aromatic rings. The van der Waals surface area contributed by atoms with Crippen LogP contribution in [0.3, 0.4) is 0 Å². The lowest BCUT2D eigenvalue weighted by atomic mass is 10.0. The van der Waals surface area contributed by atoms with Gasteiger partial charge in [-0.1, -0.05) is 13.8 Å². The molecule has 0 saturated heterocycles. The summed E-state index contributed by atoms with van der Waals surface area (Å²) in [7, 11) is 1.65. The second-order valence-corrected chi connectivity index (χ2v) is 5.29. The quantitative estimate of drug-likeness (QED) is 0.921. The van der Waals surface area contributed by atoms with E-state index in [-0.39, 0.29) is 6.04 Å². The maximum atomic E-state index is 5.38. The first-order valence-electron chi connectivity index (χ1n) is 6.87. The molecular weight excluding hydrogens is 254 g/mol. The van der Waals surface area contributed by atoms with Crippen molar-refractivity contribution in [2.24, 2.45) is 5.92 Å². The zero-order valence-corrected chi connectivity index (χ0v) is 12.0. The van der Waals surface area contributed by atoms with Crippen molar-refractivity contribution in [3.63, 3.8) is 0 Å². The van der Waals surface area contributed by atoms with Crippen LogP contribution in [0.1, 0.15) is 25.7 Å². The van der Waals surface area contributed by atoms with Crippen LogP contribution in [0.25, 0.3) is 11.4 Å². The summed E-state index contributed by atoms with van der Waals surface area (Å²) in [6, 6.07) is 2.17. The van der Waals surface area contributed by atoms with E-state index < -0.39 is 0 Å². The van der Waals surface area contributed by atoms with Crippen molar-refractivity contribution in [3.8, 4) is 17.1 Å². The highest BCUT2D eigenvalue weighted by atomic mass is 16.5. The Morgan fingerprint density at radius 2 is 2.25 bits per heavy atom. The van der Waals surface area contributed by atoms with Crippen molar-refractivity contribution in [1.82, 2.24) is 25.1 Å². The van der Waals surface area contributed by atoms with Crippen LogP contribution < -0.4 is 10.1 Å². The number of pyridine rings is 1. The first kappa shape index (κ1) is 13.1. The van der Waals surface area contributed by atoms with Crippen molar-refractivity contribution >= 4 is 0 Å². The first-order chi connectivity index (χ1) is 9.72. The third-order valence-corrected chi connectivity index (χ3v) is 3.67. The van der Waals surface area contributed by atoms with E-state index in [1.807, 2.05) is 6.07 Å². The predicted molar refractivity (Wildman–Crippen MR) is 75.4 cm³/mol. The normalized spacial score (nSPS) is 18.1. The largest absolute Gasteiger partial charge is 0.494 e. The lowest BCUT2D eigenvalue weighted by Crippen LogP contribution is -2.36. The van der Waals surface area contributed by atoms with Crippen LogP contribution in [-0.2, 0) is 6.54 Å². The second-order valence-electron chi connectivity index (χ2n) is 5.29. The highest BCUT2D eigenvalue weighted by molar-refractivity contribution is 5.63. The van der Waals surface area contributed by atoms with E-state index in [1.54, 1.807) is 19.5 Å². The summed E-state index contributed by atoms with van der Waals surface area (Å²) < 4.78 is 7.55. The number of ether oxygens (including phenoxy) is 1. The number of rotatable bonds is 3. The molecule has 1 N–H and O–H groups in total. The van der Waals surface area contributed by atoms with E-state index >= 15 is 0 Å². The maximum absolute atomic E-state index is 5.38. The fourth-order valence-corrected chi connectivity index (χ4v) is 2.65. The Bertz CT molecular complexity index is 607. The smallest absolute Gasteiger partial charge is 0.167 e. The molecule has 0 radical (unpaired) electrons. The van der Waals surface area contributed by atoms with E-state index in [1.165, 1.54) is 0 Å². The summed E-state index contributed by atoms with van der Waals surface area (Å²) in [5, 5.41) is 12.3. The minimum Gasteiger partial charge on any atom is -0.494 e. The van der Waals surface area contributed by atoms with E-state index in [2.05, 4.69) is 38.9 Å². The van der Waals surface area contributed by atoms with E-state index in [0.717, 1.165) is 36.1 Å². The third-order valence-electron chi connectivity index (χ3n) is 3.67. The van der Waals surface area contributed by atoms with Crippen LogP contribution in [-0.4, -0.2) is 33.4 Å². The molecule has 0 amide bonds. The zero-order chi connectivity index (χ0) is 14.1. The summed E-state index contributed by atoms with van der Waals surface area (Å²) in [6.45, 7) is 6.17. The minimum absolute atomic E-state index is 0.248. The van der Waals surface area contributed by atoms with Crippen molar-refractivity contribution in [2.45, 2.75) is 26.4 Å². The SMILES string of the molecule is COc1cnccc1-c1nnc2n1CCNC2C(C)C. The maximum Gasteiger partial charge on any atom is 0.167 e. The van der Waals surface area contributed by atoms with Gasteiger partial charge in [0.2, 0.25) is 0 Å². The molecule has 3 heterocycles. The van der Waals surface area contributed by atoms with Gasteiger partial charge in [0, 0.05) is 19.3 Å². The summed E-state index contributed by atoms with van der Waals surface area (Å²) >= 11 is 0. The summed E-state index contributed by atoms with van der Waals surface area (Å²) in [4.78, 5) is 4.09. The molecule has 1 unspecified atom stereocenters. The fraction of sp³-hybridized carbons (Fsp3) is 0.500. The molecule has 6 nitrogen and oxygen atoms in total. The Morgan fingerprint density at radius 3 is 3.00 bits per heavy atom. The first-order valence-corrected chi connectivity index (χ1v) is 6.87. The minimum atomic E-state index is 0.248. The molecule has 2 aromatic heterocycles. The van der Waals surface area contributed by atoms with Crippen molar-refractivity contribution in [1.29, 1.82) is 0 Å². The van der Waals surface area contributed by atoms with Crippen molar-refractivity contribution in [2.75, 3.05) is 13.7 Å².